The molecule has 19 heavy (non-hydrogen) atoms. The molecule has 1 saturated carbocycles. The van der Waals surface area contributed by atoms with E-state index in [0.29, 0.717) is 11.7 Å². The molecule has 1 fully saturated rings. The van der Waals surface area contributed by atoms with Gasteiger partial charge >= 0.3 is 5.97 Å². The van der Waals surface area contributed by atoms with Crippen LogP contribution in [0, 0.1) is 0 Å². The molecular formula is C14H18N2O3. The van der Waals surface area contributed by atoms with Gasteiger partial charge in [0.1, 0.15) is 0 Å². The van der Waals surface area contributed by atoms with Gasteiger partial charge in [0.15, 0.2) is 6.61 Å². The molecule has 1 amide bonds. The highest BCUT2D eigenvalue weighted by Gasteiger charge is 2.29. The second kappa shape index (κ2) is 5.73. The van der Waals surface area contributed by atoms with Crippen LogP contribution in [0.25, 0.3) is 0 Å². The van der Waals surface area contributed by atoms with Gasteiger partial charge in [0.05, 0.1) is 6.42 Å². The maximum Gasteiger partial charge on any atom is 0.310 e. The van der Waals surface area contributed by atoms with Crippen LogP contribution in [0.4, 0.5) is 5.69 Å². The van der Waals surface area contributed by atoms with Gasteiger partial charge in [0, 0.05) is 18.8 Å². The van der Waals surface area contributed by atoms with Gasteiger partial charge in [0.25, 0.3) is 5.91 Å². The number of ether oxygens (including phenoxy) is 1. The number of nitrogens with two attached hydrogens (primary N) is 1. The topological polar surface area (TPSA) is 72.6 Å². The highest BCUT2D eigenvalue weighted by atomic mass is 16.5. The smallest absolute Gasteiger partial charge is 0.310 e. The Kier molecular flexibility index (Phi) is 4.04. The molecule has 1 aliphatic rings. The number of esters is 1. The fourth-order valence-corrected chi connectivity index (χ4v) is 1.83. The summed E-state index contributed by atoms with van der Waals surface area (Å²) in [5.41, 5.74) is 7.02. The molecule has 1 aromatic carbocycles. The van der Waals surface area contributed by atoms with E-state index in [1.807, 2.05) is 0 Å². The van der Waals surface area contributed by atoms with E-state index in [1.54, 1.807) is 36.2 Å². The second-order valence-corrected chi connectivity index (χ2v) is 4.82. The van der Waals surface area contributed by atoms with Gasteiger partial charge in [-0.15, -0.1) is 0 Å². The van der Waals surface area contributed by atoms with Crippen LogP contribution in [-0.2, 0) is 20.7 Å². The van der Waals surface area contributed by atoms with E-state index >= 15 is 0 Å². The molecule has 0 spiro atoms. The SMILES string of the molecule is CN(C(=O)COC(=O)Cc1cccc(N)c1)C1CC1. The number of carbonyl (C=O) groups is 2. The minimum Gasteiger partial charge on any atom is -0.455 e. The normalized spacial score (nSPS) is 13.9. The molecule has 102 valence electrons. The van der Waals surface area contributed by atoms with Crippen molar-refractivity contribution >= 4 is 17.6 Å². The van der Waals surface area contributed by atoms with E-state index in [-0.39, 0.29) is 18.9 Å². The third-order valence-electron chi connectivity index (χ3n) is 3.14. The third-order valence-corrected chi connectivity index (χ3v) is 3.14. The summed E-state index contributed by atoms with van der Waals surface area (Å²) in [5.74, 6) is -0.563. The largest absolute Gasteiger partial charge is 0.455 e. The summed E-state index contributed by atoms with van der Waals surface area (Å²) >= 11 is 0. The van der Waals surface area contributed by atoms with Crippen LogP contribution < -0.4 is 5.73 Å². The van der Waals surface area contributed by atoms with Crippen molar-refractivity contribution in [3.63, 3.8) is 0 Å². The fraction of sp³-hybridized carbons (Fsp3) is 0.429. The molecular weight excluding hydrogens is 244 g/mol. The zero-order chi connectivity index (χ0) is 13.8. The van der Waals surface area contributed by atoms with Gasteiger partial charge in [-0.05, 0) is 30.5 Å². The Bertz CT molecular complexity index is 483. The van der Waals surface area contributed by atoms with Crippen LogP contribution >= 0.6 is 0 Å². The van der Waals surface area contributed by atoms with Crippen LogP contribution in [0.1, 0.15) is 18.4 Å². The molecule has 0 aromatic heterocycles. The summed E-state index contributed by atoms with van der Waals surface area (Å²) in [7, 11) is 1.74. The number of anilines is 1. The van der Waals surface area contributed by atoms with Gasteiger partial charge < -0.3 is 15.4 Å². The Balaban J connectivity index is 1.76. The monoisotopic (exact) mass is 262 g/mol. The lowest BCUT2D eigenvalue weighted by Crippen LogP contribution is -2.33. The first-order valence-corrected chi connectivity index (χ1v) is 6.32. The van der Waals surface area contributed by atoms with Crippen molar-refractivity contribution in [1.29, 1.82) is 0 Å². The number of hydrogen-bond acceptors (Lipinski definition) is 4. The lowest BCUT2D eigenvalue weighted by Gasteiger charge is -2.15. The van der Waals surface area contributed by atoms with Crippen LogP contribution in [0.3, 0.4) is 0 Å². The number of amides is 1. The molecule has 0 bridgehead atoms. The molecule has 2 rings (SSSR count). The first-order valence-electron chi connectivity index (χ1n) is 6.32. The highest BCUT2D eigenvalue weighted by molar-refractivity contribution is 5.81. The molecule has 0 heterocycles. The van der Waals surface area contributed by atoms with Crippen molar-refractivity contribution < 1.29 is 14.3 Å². The summed E-state index contributed by atoms with van der Waals surface area (Å²) in [4.78, 5) is 24.9. The minimum atomic E-state index is -0.414. The summed E-state index contributed by atoms with van der Waals surface area (Å²) in [6, 6.07) is 7.39. The first kappa shape index (κ1) is 13.4. The summed E-state index contributed by atoms with van der Waals surface area (Å²) < 4.78 is 4.98. The number of likely N-dealkylation sites (N-methyl/N-ethyl adjacent to an activating group) is 1. The van der Waals surface area contributed by atoms with Gasteiger partial charge in [-0.3, -0.25) is 9.59 Å². The first-order chi connectivity index (χ1) is 9.06. The van der Waals surface area contributed by atoms with E-state index < -0.39 is 5.97 Å². The Hall–Kier alpha value is -2.04. The summed E-state index contributed by atoms with van der Waals surface area (Å²) in [6.45, 7) is -0.186. The van der Waals surface area contributed by atoms with E-state index in [2.05, 4.69) is 0 Å². The van der Waals surface area contributed by atoms with Crippen molar-refractivity contribution in [2.75, 3.05) is 19.4 Å². The van der Waals surface area contributed by atoms with Crippen LogP contribution in [0.15, 0.2) is 24.3 Å². The maximum atomic E-state index is 11.7. The number of carbonyl (C=O) groups excluding carboxylic acids is 2. The molecule has 5 heteroatoms. The van der Waals surface area contributed by atoms with Crippen molar-refractivity contribution in [3.05, 3.63) is 29.8 Å². The number of benzene rings is 1. The predicted molar refractivity (Wildman–Crippen MR) is 71.3 cm³/mol. The standard InChI is InChI=1S/C14H18N2O3/c1-16(12-5-6-12)13(17)9-19-14(18)8-10-3-2-4-11(15)7-10/h2-4,7,12H,5-6,8-9,15H2,1H3. The zero-order valence-electron chi connectivity index (χ0n) is 11.0. The molecule has 5 nitrogen and oxygen atoms in total. The minimum absolute atomic E-state index is 0.130. The Labute approximate surface area is 112 Å². The third kappa shape index (κ3) is 3.98. The van der Waals surface area contributed by atoms with Gasteiger partial charge in [-0.1, -0.05) is 12.1 Å². The second-order valence-electron chi connectivity index (χ2n) is 4.82. The molecule has 0 radical (unpaired) electrons. The summed E-state index contributed by atoms with van der Waals surface area (Å²) in [5, 5.41) is 0. The van der Waals surface area contributed by atoms with E-state index in [1.165, 1.54) is 0 Å². The fourth-order valence-electron chi connectivity index (χ4n) is 1.83. The van der Waals surface area contributed by atoms with Gasteiger partial charge in [-0.25, -0.2) is 0 Å². The lowest BCUT2D eigenvalue weighted by atomic mass is 10.1. The molecule has 1 aliphatic carbocycles. The summed E-state index contributed by atoms with van der Waals surface area (Å²) in [6.07, 6.45) is 2.21. The molecule has 0 saturated heterocycles. The van der Waals surface area contributed by atoms with Crippen molar-refractivity contribution in [1.82, 2.24) is 4.90 Å². The Morgan fingerprint density at radius 3 is 2.79 bits per heavy atom. The van der Waals surface area contributed by atoms with Gasteiger partial charge in [-0.2, -0.15) is 0 Å². The lowest BCUT2D eigenvalue weighted by molar-refractivity contribution is -0.151. The highest BCUT2D eigenvalue weighted by Crippen LogP contribution is 2.25. The Morgan fingerprint density at radius 1 is 1.42 bits per heavy atom. The van der Waals surface area contributed by atoms with Crippen LogP contribution in [0.2, 0.25) is 0 Å². The van der Waals surface area contributed by atoms with E-state index in [9.17, 15) is 9.59 Å². The molecule has 0 unspecified atom stereocenters. The molecule has 1 aromatic rings. The van der Waals surface area contributed by atoms with Crippen LogP contribution in [-0.4, -0.2) is 36.5 Å². The predicted octanol–water partition coefficient (Wildman–Crippen LogP) is 0.975. The average Bonchev–Trinajstić information content (AvgIpc) is 3.19. The Morgan fingerprint density at radius 2 is 2.16 bits per heavy atom. The average molecular weight is 262 g/mol. The quantitative estimate of drug-likeness (QED) is 0.634. The van der Waals surface area contributed by atoms with Crippen molar-refractivity contribution in [3.8, 4) is 0 Å². The molecule has 0 aliphatic heterocycles. The number of hydrogen-bond donors (Lipinski definition) is 1. The number of nitrogen functional groups attached to an aromatic ring is 1. The molecule has 0 atom stereocenters. The molecule has 2 N–H and O–H groups in total. The number of rotatable bonds is 5. The van der Waals surface area contributed by atoms with Gasteiger partial charge in [0.2, 0.25) is 0 Å². The van der Waals surface area contributed by atoms with Crippen molar-refractivity contribution in [2.45, 2.75) is 25.3 Å². The maximum absolute atomic E-state index is 11.7. The van der Waals surface area contributed by atoms with E-state index in [0.717, 1.165) is 18.4 Å². The zero-order valence-corrected chi connectivity index (χ0v) is 11.0. The van der Waals surface area contributed by atoms with E-state index in [4.69, 9.17) is 10.5 Å². The van der Waals surface area contributed by atoms with Crippen LogP contribution in [0.5, 0.6) is 0 Å². The van der Waals surface area contributed by atoms with Crippen molar-refractivity contribution in [2.24, 2.45) is 0 Å². The number of nitrogens with zero attached hydrogens (tertiary/aromatic N) is 1.